The Morgan fingerprint density at radius 3 is 2.70 bits per heavy atom. The first kappa shape index (κ1) is 21.5. The minimum Gasteiger partial charge on any atom is -0.500 e. The summed E-state index contributed by atoms with van der Waals surface area (Å²) in [4.78, 5) is 13.5. The largest absolute Gasteiger partial charge is 0.500 e. The number of carbonyl (C=O) groups is 1. The van der Waals surface area contributed by atoms with Crippen LogP contribution < -0.4 is 5.73 Å². The van der Waals surface area contributed by atoms with E-state index >= 15 is 0 Å². The van der Waals surface area contributed by atoms with Crippen molar-refractivity contribution in [2.75, 3.05) is 20.3 Å². The number of allylic oxidation sites excluding steroid dienone is 5. The van der Waals surface area contributed by atoms with Crippen molar-refractivity contribution in [2.45, 2.75) is 39.0 Å². The lowest BCUT2D eigenvalue weighted by Crippen LogP contribution is -2.21. The van der Waals surface area contributed by atoms with Crippen LogP contribution in [0.2, 0.25) is 0 Å². The molecule has 0 aromatic heterocycles. The highest BCUT2D eigenvalue weighted by Gasteiger charge is 2.37. The molecule has 0 amide bonds. The van der Waals surface area contributed by atoms with Crippen LogP contribution in [0.5, 0.6) is 0 Å². The lowest BCUT2D eigenvalue weighted by atomic mass is 9.85. The molecule has 2 heterocycles. The van der Waals surface area contributed by atoms with Crippen molar-refractivity contribution in [2.24, 2.45) is 17.6 Å². The number of methoxy groups -OCH3 is 1. The summed E-state index contributed by atoms with van der Waals surface area (Å²) in [6, 6.07) is 6.57. The molecule has 0 saturated carbocycles. The summed E-state index contributed by atoms with van der Waals surface area (Å²) in [7, 11) is 1.70. The SMILES string of the molecule is CCc1ccc(C2=CC=C(N)C=I2)cc1C1=C(OC)CC(CC2CCOCC2)C1=O. The van der Waals surface area contributed by atoms with Crippen molar-refractivity contribution in [1.29, 1.82) is 0 Å². The Hall–Kier alpha value is -1.73. The quantitative estimate of drug-likeness (QED) is 0.539. The first-order valence-corrected chi connectivity index (χ1v) is 13.1. The van der Waals surface area contributed by atoms with Gasteiger partial charge in [0.05, 0.1) is 12.7 Å². The number of hydrogen-bond acceptors (Lipinski definition) is 4. The lowest BCUT2D eigenvalue weighted by molar-refractivity contribution is -0.117. The van der Waals surface area contributed by atoms with Crippen molar-refractivity contribution in [1.82, 2.24) is 0 Å². The Morgan fingerprint density at radius 2 is 2.03 bits per heavy atom. The standard InChI is InChI=1S/C25H30INO3/c1-3-17-4-5-18(22-7-6-20(27)15-26-22)13-21(17)24-23(29-2)14-19(25(24)28)12-16-8-10-30-11-9-16/h4-7,13,15-16,19H,3,8-12,14,27H2,1-2H3. The first-order chi connectivity index (χ1) is 14.6. The van der Waals surface area contributed by atoms with Crippen LogP contribution >= 0.6 is 20.7 Å². The summed E-state index contributed by atoms with van der Waals surface area (Å²) < 4.78 is 14.7. The van der Waals surface area contributed by atoms with E-state index in [0.29, 0.717) is 5.92 Å². The summed E-state index contributed by atoms with van der Waals surface area (Å²) >= 11 is -0.260. The van der Waals surface area contributed by atoms with Gasteiger partial charge in [0.25, 0.3) is 0 Å². The Morgan fingerprint density at radius 1 is 1.23 bits per heavy atom. The molecular weight excluding hydrogens is 489 g/mol. The Balaban J connectivity index is 1.66. The number of nitrogens with two attached hydrogens (primary N) is 1. The van der Waals surface area contributed by atoms with Gasteiger partial charge < -0.3 is 15.2 Å². The highest BCUT2D eigenvalue weighted by atomic mass is 127. The van der Waals surface area contributed by atoms with Crippen LogP contribution in [-0.4, -0.2) is 30.1 Å². The second kappa shape index (κ2) is 9.60. The van der Waals surface area contributed by atoms with Gasteiger partial charge in [-0.05, 0) is 70.5 Å². The number of halogens is 1. The number of hydrogen-bond donors (Lipinski definition) is 1. The molecule has 0 bridgehead atoms. The lowest BCUT2D eigenvalue weighted by Gasteiger charge is -2.24. The predicted octanol–water partition coefficient (Wildman–Crippen LogP) is 4.98. The third kappa shape index (κ3) is 4.47. The number of rotatable bonds is 6. The Labute approximate surface area is 189 Å². The molecule has 4 rings (SSSR count). The van der Waals surface area contributed by atoms with Crippen LogP contribution in [-0.2, 0) is 20.7 Å². The first-order valence-electron chi connectivity index (χ1n) is 10.8. The van der Waals surface area contributed by atoms with Gasteiger partial charge in [0.1, 0.15) is 5.76 Å². The fourth-order valence-electron chi connectivity index (χ4n) is 4.59. The van der Waals surface area contributed by atoms with Crippen LogP contribution in [0.15, 0.2) is 41.8 Å². The third-order valence-electron chi connectivity index (χ3n) is 6.29. The van der Waals surface area contributed by atoms with Gasteiger partial charge in [-0.3, -0.25) is 4.79 Å². The average molecular weight is 519 g/mol. The van der Waals surface area contributed by atoms with Crippen molar-refractivity contribution in [3.8, 4) is 0 Å². The topological polar surface area (TPSA) is 61.6 Å². The second-order valence-corrected chi connectivity index (χ2v) is 10.6. The molecule has 1 aromatic carbocycles. The van der Waals surface area contributed by atoms with Gasteiger partial charge >= 0.3 is 0 Å². The Bertz CT molecular complexity index is 951. The fourth-order valence-corrected chi connectivity index (χ4v) is 6.58. The summed E-state index contributed by atoms with van der Waals surface area (Å²) in [5.74, 6) is 1.72. The molecule has 160 valence electrons. The monoisotopic (exact) mass is 519 g/mol. The third-order valence-corrected chi connectivity index (χ3v) is 8.97. The summed E-state index contributed by atoms with van der Waals surface area (Å²) in [6.45, 7) is 3.78. The molecule has 3 aliphatic rings. The highest BCUT2D eigenvalue weighted by Crippen LogP contribution is 2.42. The molecule has 1 fully saturated rings. The average Bonchev–Trinajstić information content (AvgIpc) is 3.09. The number of ketones is 1. The van der Waals surface area contributed by atoms with Crippen LogP contribution in [0.3, 0.4) is 0 Å². The molecule has 2 N–H and O–H groups in total. The summed E-state index contributed by atoms with van der Waals surface area (Å²) in [5.41, 5.74) is 11.0. The molecule has 0 spiro atoms. The second-order valence-electron chi connectivity index (χ2n) is 8.18. The van der Waals surface area contributed by atoms with Crippen molar-refractivity contribution in [3.05, 3.63) is 58.5 Å². The maximum absolute atomic E-state index is 13.5. The van der Waals surface area contributed by atoms with Gasteiger partial charge in [0.15, 0.2) is 5.78 Å². The maximum Gasteiger partial charge on any atom is 0.170 e. The fraction of sp³-hybridized carbons (Fsp3) is 0.440. The highest BCUT2D eigenvalue weighted by molar-refractivity contribution is 14.2. The van der Waals surface area contributed by atoms with E-state index < -0.39 is 0 Å². The smallest absolute Gasteiger partial charge is 0.170 e. The summed E-state index contributed by atoms with van der Waals surface area (Å²) in [5, 5.41) is 0. The number of carbonyl (C=O) groups excluding carboxylic acids is 1. The van der Waals surface area contributed by atoms with E-state index in [9.17, 15) is 4.79 Å². The van der Waals surface area contributed by atoms with E-state index in [2.05, 4.69) is 35.2 Å². The Kier molecular flexibility index (Phi) is 6.88. The van der Waals surface area contributed by atoms with E-state index in [1.165, 1.54) is 14.7 Å². The van der Waals surface area contributed by atoms with E-state index in [0.717, 1.165) is 67.9 Å². The van der Waals surface area contributed by atoms with Crippen LogP contribution in [0.4, 0.5) is 0 Å². The van der Waals surface area contributed by atoms with E-state index in [-0.39, 0.29) is 32.4 Å². The van der Waals surface area contributed by atoms with Crippen molar-refractivity contribution >= 4 is 39.7 Å². The molecule has 0 radical (unpaired) electrons. The van der Waals surface area contributed by atoms with Gasteiger partial charge in [-0.25, -0.2) is 0 Å². The minimum atomic E-state index is -0.260. The zero-order chi connectivity index (χ0) is 21.1. The van der Waals surface area contributed by atoms with E-state index in [1.54, 1.807) is 7.11 Å². The van der Waals surface area contributed by atoms with Crippen molar-refractivity contribution < 1.29 is 14.3 Å². The summed E-state index contributed by atoms with van der Waals surface area (Å²) in [6.07, 6.45) is 8.76. The number of ether oxygens (including phenoxy) is 2. The number of aryl methyl sites for hydroxylation is 1. The molecule has 1 saturated heterocycles. The van der Waals surface area contributed by atoms with E-state index in [1.807, 2.05) is 6.08 Å². The molecule has 1 aliphatic carbocycles. The van der Waals surface area contributed by atoms with Crippen LogP contribution in [0, 0.1) is 11.8 Å². The normalized spacial score (nSPS) is 22.6. The van der Waals surface area contributed by atoms with E-state index in [4.69, 9.17) is 15.2 Å². The molecule has 1 unspecified atom stereocenters. The van der Waals surface area contributed by atoms with Gasteiger partial charge in [0, 0.05) is 34.8 Å². The van der Waals surface area contributed by atoms with Crippen LogP contribution in [0.25, 0.3) is 9.15 Å². The zero-order valence-electron chi connectivity index (χ0n) is 17.7. The number of benzene rings is 1. The van der Waals surface area contributed by atoms with Crippen LogP contribution in [0.1, 0.15) is 49.3 Å². The predicted molar refractivity (Wildman–Crippen MR) is 131 cm³/mol. The molecule has 1 atom stereocenters. The number of Topliss-reactive ketones (excluding diaryl/α,β-unsaturated/α-hetero) is 1. The van der Waals surface area contributed by atoms with Gasteiger partial charge in [0.2, 0.25) is 0 Å². The minimum absolute atomic E-state index is 0.0313. The van der Waals surface area contributed by atoms with Gasteiger partial charge in [-0.15, -0.1) is 0 Å². The molecule has 5 heteroatoms. The zero-order valence-corrected chi connectivity index (χ0v) is 19.9. The van der Waals surface area contributed by atoms with Gasteiger partial charge in [-0.1, -0.05) is 39.8 Å². The molecule has 1 aromatic rings. The maximum atomic E-state index is 13.5. The molecule has 2 aliphatic heterocycles. The molecular formula is C25H30INO3. The van der Waals surface area contributed by atoms with Gasteiger partial charge in [-0.2, -0.15) is 0 Å². The van der Waals surface area contributed by atoms with Crippen molar-refractivity contribution in [3.63, 3.8) is 0 Å². The molecule has 4 nitrogen and oxygen atoms in total. The molecule has 30 heavy (non-hydrogen) atoms.